The van der Waals surface area contributed by atoms with Crippen molar-refractivity contribution in [3.8, 4) is 0 Å². The minimum atomic E-state index is -5.08. The highest BCUT2D eigenvalue weighted by atomic mass is 19.4. The lowest BCUT2D eigenvalue weighted by Crippen LogP contribution is -2.26. The van der Waals surface area contributed by atoms with Gasteiger partial charge in [0, 0.05) is 20.2 Å². The van der Waals surface area contributed by atoms with E-state index in [1.54, 1.807) is 0 Å². The van der Waals surface area contributed by atoms with Gasteiger partial charge in [0.05, 0.1) is 29.8 Å². The van der Waals surface area contributed by atoms with Gasteiger partial charge in [-0.2, -0.15) is 44.3 Å². The number of tetrazole rings is 1. The Balaban J connectivity index is 2.09. The molecule has 0 aliphatic heterocycles. The SMILES string of the molecule is CCCCCC(C)CC(OC)c1ccc(C(F)(F)F)cc1CN(Cc1cc(C(F)(F)F)cc(C(F)(F)F)c1)c1nnn(C)n1. The van der Waals surface area contributed by atoms with E-state index in [4.69, 9.17) is 4.74 Å². The van der Waals surface area contributed by atoms with Gasteiger partial charge in [-0.05, 0) is 64.6 Å². The monoisotopic (exact) mass is 639 g/mol. The summed E-state index contributed by atoms with van der Waals surface area (Å²) >= 11 is 0. The number of alkyl halides is 9. The first-order valence-electron chi connectivity index (χ1n) is 13.9. The summed E-state index contributed by atoms with van der Waals surface area (Å²) in [5.74, 6) is -0.0472. The quantitative estimate of drug-likeness (QED) is 0.138. The lowest BCUT2D eigenvalue weighted by molar-refractivity contribution is -0.143. The van der Waals surface area contributed by atoms with E-state index in [0.29, 0.717) is 24.1 Å². The average Bonchev–Trinajstić information content (AvgIpc) is 3.36. The molecule has 15 heteroatoms. The van der Waals surface area contributed by atoms with Crippen LogP contribution in [0.4, 0.5) is 45.5 Å². The summed E-state index contributed by atoms with van der Waals surface area (Å²) in [6.07, 6.45) is -11.2. The highest BCUT2D eigenvalue weighted by Crippen LogP contribution is 2.38. The Morgan fingerprint density at radius 3 is 1.95 bits per heavy atom. The second-order valence-corrected chi connectivity index (χ2v) is 10.8. The van der Waals surface area contributed by atoms with E-state index < -0.39 is 60.0 Å². The number of anilines is 1. The fraction of sp³-hybridized carbons (Fsp3) is 0.552. The molecule has 0 bridgehead atoms. The van der Waals surface area contributed by atoms with Gasteiger partial charge >= 0.3 is 18.5 Å². The van der Waals surface area contributed by atoms with Gasteiger partial charge in [-0.1, -0.05) is 50.7 Å². The van der Waals surface area contributed by atoms with Crippen molar-refractivity contribution in [2.75, 3.05) is 12.0 Å². The minimum absolute atomic E-state index is 0.00415. The second-order valence-electron chi connectivity index (χ2n) is 10.8. The van der Waals surface area contributed by atoms with Crippen LogP contribution in [0.25, 0.3) is 0 Å². The molecule has 0 aliphatic rings. The molecule has 2 atom stereocenters. The number of hydrogen-bond acceptors (Lipinski definition) is 5. The van der Waals surface area contributed by atoms with Crippen molar-refractivity contribution >= 4 is 5.95 Å². The zero-order valence-electron chi connectivity index (χ0n) is 24.6. The molecule has 3 rings (SSSR count). The van der Waals surface area contributed by atoms with E-state index in [9.17, 15) is 39.5 Å². The third-order valence-corrected chi connectivity index (χ3v) is 7.18. The molecule has 0 saturated heterocycles. The molecule has 0 aliphatic carbocycles. The lowest BCUT2D eigenvalue weighted by atomic mass is 9.90. The van der Waals surface area contributed by atoms with Gasteiger partial charge in [0.25, 0.3) is 5.95 Å². The number of aryl methyl sites for hydroxylation is 1. The summed E-state index contributed by atoms with van der Waals surface area (Å²) in [7, 11) is 2.81. The number of aromatic nitrogens is 4. The highest BCUT2D eigenvalue weighted by Gasteiger charge is 2.37. The first-order valence-corrected chi connectivity index (χ1v) is 13.9. The fourth-order valence-corrected chi connectivity index (χ4v) is 4.94. The Labute approximate surface area is 249 Å². The van der Waals surface area contributed by atoms with Crippen LogP contribution < -0.4 is 4.90 Å². The molecule has 1 aromatic heterocycles. The smallest absolute Gasteiger partial charge is 0.377 e. The molecule has 44 heavy (non-hydrogen) atoms. The van der Waals surface area contributed by atoms with E-state index in [-0.39, 0.29) is 23.5 Å². The molecule has 0 radical (unpaired) electrons. The molecule has 1 heterocycles. The number of ether oxygens (including phenoxy) is 1. The molecule has 0 fully saturated rings. The van der Waals surface area contributed by atoms with Crippen molar-refractivity contribution in [3.63, 3.8) is 0 Å². The van der Waals surface area contributed by atoms with Crippen molar-refractivity contribution < 1.29 is 44.3 Å². The summed E-state index contributed by atoms with van der Waals surface area (Å²) in [5, 5.41) is 11.5. The second kappa shape index (κ2) is 14.2. The maximum absolute atomic E-state index is 13.8. The van der Waals surface area contributed by atoms with E-state index in [1.807, 2.05) is 6.92 Å². The van der Waals surface area contributed by atoms with Crippen molar-refractivity contribution in [3.05, 3.63) is 69.8 Å². The Bertz CT molecular complexity index is 1340. The molecule has 0 N–H and O–H groups in total. The van der Waals surface area contributed by atoms with Crippen LogP contribution in [0, 0.1) is 5.92 Å². The Hall–Kier alpha value is -3.36. The van der Waals surface area contributed by atoms with Gasteiger partial charge in [-0.3, -0.25) is 0 Å². The molecule has 244 valence electrons. The third-order valence-electron chi connectivity index (χ3n) is 7.18. The first-order chi connectivity index (χ1) is 20.4. The Morgan fingerprint density at radius 1 is 0.841 bits per heavy atom. The molecule has 0 amide bonds. The van der Waals surface area contributed by atoms with Crippen molar-refractivity contribution in [2.45, 2.75) is 83.7 Å². The normalized spacial score (nSPS) is 14.1. The number of benzene rings is 2. The minimum Gasteiger partial charge on any atom is -0.377 e. The average molecular weight is 640 g/mol. The molecule has 3 aromatic rings. The first kappa shape index (κ1) is 35.1. The number of nitrogens with zero attached hydrogens (tertiary/aromatic N) is 5. The maximum atomic E-state index is 13.8. The van der Waals surface area contributed by atoms with Crippen LogP contribution in [-0.2, 0) is 43.4 Å². The Kier molecular flexibility index (Phi) is 11.3. The van der Waals surface area contributed by atoms with Crippen LogP contribution in [0.3, 0.4) is 0 Å². The van der Waals surface area contributed by atoms with Gasteiger partial charge in [0.2, 0.25) is 0 Å². The number of halogens is 9. The molecule has 2 unspecified atom stereocenters. The summed E-state index contributed by atoms with van der Waals surface area (Å²) in [4.78, 5) is 2.19. The molecule has 2 aromatic carbocycles. The molecule has 6 nitrogen and oxygen atoms in total. The number of methoxy groups -OCH3 is 1. The maximum Gasteiger partial charge on any atom is 0.416 e. The van der Waals surface area contributed by atoms with E-state index >= 15 is 0 Å². The third kappa shape index (κ3) is 9.57. The summed E-state index contributed by atoms with van der Waals surface area (Å²) < 4.78 is 128. The summed E-state index contributed by atoms with van der Waals surface area (Å²) in [6.45, 7) is 3.08. The lowest BCUT2D eigenvalue weighted by Gasteiger charge is -2.27. The van der Waals surface area contributed by atoms with Crippen molar-refractivity contribution in [2.24, 2.45) is 13.0 Å². The van der Waals surface area contributed by atoms with Crippen LogP contribution in [0.15, 0.2) is 36.4 Å². The van der Waals surface area contributed by atoms with E-state index in [1.165, 1.54) is 25.1 Å². The molecular weight excluding hydrogens is 605 g/mol. The largest absolute Gasteiger partial charge is 0.416 e. The zero-order valence-corrected chi connectivity index (χ0v) is 24.6. The predicted molar refractivity (Wildman–Crippen MR) is 144 cm³/mol. The topological polar surface area (TPSA) is 56.1 Å². The Morgan fingerprint density at radius 2 is 1.45 bits per heavy atom. The van der Waals surface area contributed by atoms with Crippen molar-refractivity contribution in [1.82, 2.24) is 20.2 Å². The summed E-state index contributed by atoms with van der Waals surface area (Å²) in [5.41, 5.74) is -3.93. The van der Waals surface area contributed by atoms with Gasteiger partial charge in [0.1, 0.15) is 0 Å². The molecule has 0 spiro atoms. The highest BCUT2D eigenvalue weighted by molar-refractivity contribution is 5.41. The standard InChI is InChI=1S/C29H34F9N5O/c1-5-6-7-8-18(2)11-25(44-4)24-10-9-21(27(30,31)32)14-20(24)17-43(26-39-41-42(3)40-26)16-19-12-22(28(33,34)35)15-23(13-19)29(36,37)38/h9-10,12-15,18,25H,5-8,11,16-17H2,1-4H3. The van der Waals surface area contributed by atoms with Gasteiger partial charge in [0.15, 0.2) is 0 Å². The number of hydrogen-bond donors (Lipinski definition) is 0. The van der Waals surface area contributed by atoms with Gasteiger partial charge in [-0.15, -0.1) is 5.10 Å². The van der Waals surface area contributed by atoms with Gasteiger partial charge < -0.3 is 9.64 Å². The fourth-order valence-electron chi connectivity index (χ4n) is 4.94. The van der Waals surface area contributed by atoms with Crippen molar-refractivity contribution in [1.29, 1.82) is 0 Å². The van der Waals surface area contributed by atoms with Crippen LogP contribution in [0.5, 0.6) is 0 Å². The molecular formula is C29H34F9N5O. The zero-order chi connectivity index (χ0) is 32.9. The van der Waals surface area contributed by atoms with Crippen LogP contribution >= 0.6 is 0 Å². The van der Waals surface area contributed by atoms with E-state index in [2.05, 4.69) is 22.3 Å². The number of unbranched alkanes of at least 4 members (excludes halogenated alkanes) is 2. The number of rotatable bonds is 13. The van der Waals surface area contributed by atoms with Crippen LogP contribution in [0.1, 0.15) is 85.4 Å². The van der Waals surface area contributed by atoms with Gasteiger partial charge in [-0.25, -0.2) is 0 Å². The predicted octanol–water partition coefficient (Wildman–Crippen LogP) is 8.77. The van der Waals surface area contributed by atoms with Crippen LogP contribution in [-0.4, -0.2) is 27.3 Å². The summed E-state index contributed by atoms with van der Waals surface area (Å²) in [6, 6.07) is 4.23. The molecule has 0 saturated carbocycles. The van der Waals surface area contributed by atoms with E-state index in [0.717, 1.165) is 42.6 Å². The van der Waals surface area contributed by atoms with Crippen LogP contribution in [0.2, 0.25) is 0 Å².